The molecule has 0 unspecified atom stereocenters. The fourth-order valence-electron chi connectivity index (χ4n) is 2.04. The van der Waals surface area contributed by atoms with Crippen molar-refractivity contribution in [2.75, 3.05) is 18.8 Å². The molecule has 10 heavy (non-hydrogen) atoms. The van der Waals surface area contributed by atoms with Gasteiger partial charge in [-0.2, -0.15) is 11.8 Å². The predicted molar refractivity (Wildman–Crippen MR) is 46.5 cm³/mol. The van der Waals surface area contributed by atoms with Crippen molar-refractivity contribution < 1.29 is 0 Å². The Kier molecular flexibility index (Phi) is 1.92. The molecule has 0 saturated carbocycles. The van der Waals surface area contributed by atoms with Crippen molar-refractivity contribution in [2.45, 2.75) is 31.1 Å². The summed E-state index contributed by atoms with van der Waals surface area (Å²) in [5.41, 5.74) is 0. The van der Waals surface area contributed by atoms with Gasteiger partial charge in [-0.15, -0.1) is 0 Å². The molecule has 1 nitrogen and oxygen atoms in total. The van der Waals surface area contributed by atoms with Gasteiger partial charge in [0.25, 0.3) is 0 Å². The topological polar surface area (TPSA) is 3.24 Å². The molecular formula is C8H15NS. The molecule has 58 valence electrons. The van der Waals surface area contributed by atoms with Crippen LogP contribution in [0.2, 0.25) is 0 Å². The minimum atomic E-state index is 0.954. The summed E-state index contributed by atoms with van der Waals surface area (Å²) in [5, 5.41) is 0.997. The molecule has 2 fully saturated rings. The van der Waals surface area contributed by atoms with Gasteiger partial charge in [-0.1, -0.05) is 6.92 Å². The molecule has 0 aromatic heterocycles. The Bertz CT molecular complexity index is 126. The maximum Gasteiger partial charge on any atom is 0.0197 e. The number of hydrogen-bond acceptors (Lipinski definition) is 2. The summed E-state index contributed by atoms with van der Waals surface area (Å²) >= 11 is 2.18. The van der Waals surface area contributed by atoms with Crippen molar-refractivity contribution in [1.29, 1.82) is 0 Å². The quantitative estimate of drug-likeness (QED) is 0.599. The van der Waals surface area contributed by atoms with Crippen molar-refractivity contribution in [2.24, 2.45) is 0 Å². The summed E-state index contributed by atoms with van der Waals surface area (Å²) in [6.45, 7) is 4.99. The molecule has 2 aliphatic heterocycles. The maximum absolute atomic E-state index is 2.67. The zero-order valence-electron chi connectivity index (χ0n) is 6.55. The van der Waals surface area contributed by atoms with E-state index in [2.05, 4.69) is 23.6 Å². The first-order valence-electron chi connectivity index (χ1n) is 4.26. The largest absolute Gasteiger partial charge is 0.298 e. The van der Waals surface area contributed by atoms with E-state index >= 15 is 0 Å². The lowest BCUT2D eigenvalue weighted by molar-refractivity contribution is 0.270. The van der Waals surface area contributed by atoms with Crippen LogP contribution in [0.5, 0.6) is 0 Å². The molecule has 2 atom stereocenters. The molecule has 0 N–H and O–H groups in total. The Morgan fingerprint density at radius 2 is 2.50 bits per heavy atom. The number of likely N-dealkylation sites (tertiary alicyclic amines) is 1. The van der Waals surface area contributed by atoms with Crippen LogP contribution in [0.3, 0.4) is 0 Å². The summed E-state index contributed by atoms with van der Waals surface area (Å²) in [6, 6.07) is 0.954. The third kappa shape index (κ3) is 1.08. The smallest absolute Gasteiger partial charge is 0.0197 e. The third-order valence-corrected chi connectivity index (χ3v) is 3.91. The second kappa shape index (κ2) is 2.74. The van der Waals surface area contributed by atoms with Gasteiger partial charge in [0.1, 0.15) is 0 Å². The van der Waals surface area contributed by atoms with E-state index in [4.69, 9.17) is 0 Å². The minimum Gasteiger partial charge on any atom is -0.298 e. The lowest BCUT2D eigenvalue weighted by Gasteiger charge is -2.25. The highest BCUT2D eigenvalue weighted by molar-refractivity contribution is 8.00. The Hall–Kier alpha value is 0.310. The normalized spacial score (nSPS) is 39.3. The molecule has 2 aliphatic rings. The highest BCUT2D eigenvalue weighted by atomic mass is 32.2. The van der Waals surface area contributed by atoms with E-state index in [1.807, 2.05) is 0 Å². The number of hydrogen-bond donors (Lipinski definition) is 0. The zero-order chi connectivity index (χ0) is 6.97. The van der Waals surface area contributed by atoms with E-state index in [1.165, 1.54) is 31.7 Å². The van der Waals surface area contributed by atoms with Gasteiger partial charge in [-0.3, -0.25) is 4.90 Å². The molecule has 0 aromatic carbocycles. The molecule has 0 aliphatic carbocycles. The highest BCUT2D eigenvalue weighted by Crippen LogP contribution is 2.37. The second-order valence-corrected chi connectivity index (χ2v) is 4.67. The molecule has 0 spiro atoms. The van der Waals surface area contributed by atoms with Crippen LogP contribution < -0.4 is 0 Å². The number of fused-ring (bicyclic) bond motifs is 2. The SMILES string of the molecule is CCCN1C[C@@H]2C[C@H]1CS2. The average molecular weight is 157 g/mol. The molecule has 0 radical (unpaired) electrons. The maximum atomic E-state index is 2.67. The Morgan fingerprint density at radius 1 is 1.60 bits per heavy atom. The van der Waals surface area contributed by atoms with Gasteiger partial charge < -0.3 is 0 Å². The zero-order valence-corrected chi connectivity index (χ0v) is 7.36. The average Bonchev–Trinajstić information content (AvgIpc) is 2.48. The summed E-state index contributed by atoms with van der Waals surface area (Å²) in [4.78, 5) is 2.67. The number of rotatable bonds is 2. The fourth-order valence-corrected chi connectivity index (χ4v) is 3.54. The number of thioether (sulfide) groups is 1. The fraction of sp³-hybridized carbons (Fsp3) is 1.00. The van der Waals surface area contributed by atoms with E-state index in [-0.39, 0.29) is 0 Å². The van der Waals surface area contributed by atoms with Crippen LogP contribution in [0.25, 0.3) is 0 Å². The minimum absolute atomic E-state index is 0.954. The first-order valence-corrected chi connectivity index (χ1v) is 5.30. The standard InChI is InChI=1S/C8H15NS/c1-2-3-9-5-8-4-7(9)6-10-8/h7-8H,2-6H2,1H3/t7-,8-/m0/s1. The van der Waals surface area contributed by atoms with Gasteiger partial charge >= 0.3 is 0 Å². The van der Waals surface area contributed by atoms with Crippen LogP contribution in [0.1, 0.15) is 19.8 Å². The molecule has 2 saturated heterocycles. The van der Waals surface area contributed by atoms with Gasteiger partial charge in [0.2, 0.25) is 0 Å². The Balaban J connectivity index is 1.90. The monoisotopic (exact) mass is 157 g/mol. The first-order chi connectivity index (χ1) is 4.90. The molecule has 2 rings (SSSR count). The van der Waals surface area contributed by atoms with Crippen LogP contribution in [0.4, 0.5) is 0 Å². The van der Waals surface area contributed by atoms with Gasteiger partial charge in [0, 0.05) is 23.6 Å². The summed E-state index contributed by atoms with van der Waals surface area (Å²) < 4.78 is 0. The van der Waals surface area contributed by atoms with Gasteiger partial charge in [-0.25, -0.2) is 0 Å². The van der Waals surface area contributed by atoms with Gasteiger partial charge in [0.05, 0.1) is 0 Å². The van der Waals surface area contributed by atoms with E-state index in [1.54, 1.807) is 0 Å². The summed E-state index contributed by atoms with van der Waals surface area (Å²) in [5.74, 6) is 1.41. The van der Waals surface area contributed by atoms with Crippen LogP contribution in [0, 0.1) is 0 Å². The summed E-state index contributed by atoms with van der Waals surface area (Å²) in [7, 11) is 0. The molecule has 0 aromatic rings. The molecule has 2 bridgehead atoms. The second-order valence-electron chi connectivity index (χ2n) is 3.34. The predicted octanol–water partition coefficient (Wildman–Crippen LogP) is 1.59. The van der Waals surface area contributed by atoms with E-state index < -0.39 is 0 Å². The van der Waals surface area contributed by atoms with Crippen molar-refractivity contribution in [1.82, 2.24) is 4.90 Å². The van der Waals surface area contributed by atoms with Crippen molar-refractivity contribution in [3.05, 3.63) is 0 Å². The lowest BCUT2D eigenvalue weighted by atomic mass is 10.2. The van der Waals surface area contributed by atoms with Gasteiger partial charge in [0.15, 0.2) is 0 Å². The molecule has 0 amide bonds. The van der Waals surface area contributed by atoms with Crippen molar-refractivity contribution in [3.8, 4) is 0 Å². The van der Waals surface area contributed by atoms with E-state index in [0.717, 1.165) is 11.3 Å². The van der Waals surface area contributed by atoms with Crippen LogP contribution >= 0.6 is 11.8 Å². The van der Waals surface area contributed by atoms with E-state index in [9.17, 15) is 0 Å². The first kappa shape index (κ1) is 6.99. The molecule has 2 heteroatoms. The van der Waals surface area contributed by atoms with E-state index in [0.29, 0.717) is 0 Å². The van der Waals surface area contributed by atoms with Crippen molar-refractivity contribution in [3.63, 3.8) is 0 Å². The third-order valence-electron chi connectivity index (χ3n) is 2.52. The molecule has 2 heterocycles. The summed E-state index contributed by atoms with van der Waals surface area (Å²) in [6.07, 6.45) is 2.80. The Labute approximate surface area is 67.2 Å². The number of nitrogens with zero attached hydrogens (tertiary/aromatic N) is 1. The lowest BCUT2D eigenvalue weighted by Crippen LogP contribution is -2.34. The van der Waals surface area contributed by atoms with Crippen LogP contribution in [0.15, 0.2) is 0 Å². The van der Waals surface area contributed by atoms with Crippen molar-refractivity contribution >= 4 is 11.8 Å². The Morgan fingerprint density at radius 3 is 3.00 bits per heavy atom. The highest BCUT2D eigenvalue weighted by Gasteiger charge is 2.37. The van der Waals surface area contributed by atoms with Crippen LogP contribution in [-0.2, 0) is 0 Å². The van der Waals surface area contributed by atoms with Crippen LogP contribution in [-0.4, -0.2) is 35.0 Å². The van der Waals surface area contributed by atoms with Gasteiger partial charge in [-0.05, 0) is 19.4 Å². The molecular weight excluding hydrogens is 142 g/mol.